The van der Waals surface area contributed by atoms with Crippen molar-refractivity contribution in [2.45, 2.75) is 76.4 Å². The number of likely N-dealkylation sites (tertiary alicyclic amines) is 1. The van der Waals surface area contributed by atoms with Crippen LogP contribution in [0.1, 0.15) is 58.3 Å². The molecule has 1 saturated heterocycles. The minimum atomic E-state index is 0.189. The number of hydrogen-bond donors (Lipinski definition) is 2. The van der Waals surface area contributed by atoms with Crippen LogP contribution in [-0.2, 0) is 0 Å². The van der Waals surface area contributed by atoms with E-state index in [1.54, 1.807) is 0 Å². The first-order valence-corrected chi connectivity index (χ1v) is 8.32. The van der Waals surface area contributed by atoms with Gasteiger partial charge in [0.2, 0.25) is 0 Å². The highest BCUT2D eigenvalue weighted by Gasteiger charge is 2.39. The molecule has 1 heterocycles. The molecule has 3 rings (SSSR count). The van der Waals surface area contributed by atoms with Crippen LogP contribution < -0.4 is 5.32 Å². The summed E-state index contributed by atoms with van der Waals surface area (Å²) < 4.78 is 0. The van der Waals surface area contributed by atoms with Crippen LogP contribution in [0.5, 0.6) is 0 Å². The molecule has 0 aromatic carbocycles. The molecule has 2 atom stereocenters. The molecule has 0 aromatic rings. The van der Waals surface area contributed by atoms with Gasteiger partial charge in [0.05, 0.1) is 0 Å². The summed E-state index contributed by atoms with van der Waals surface area (Å²) in [7, 11) is 0. The van der Waals surface area contributed by atoms with E-state index in [-0.39, 0.29) is 5.41 Å². The maximum atomic E-state index is 9.77. The topological polar surface area (TPSA) is 35.5 Å². The average Bonchev–Trinajstić information content (AvgIpc) is 3.21. The number of aliphatic hydroxyl groups excluding tert-OH is 1. The van der Waals surface area contributed by atoms with E-state index >= 15 is 0 Å². The lowest BCUT2D eigenvalue weighted by Crippen LogP contribution is -2.44. The van der Waals surface area contributed by atoms with E-state index in [0.717, 1.165) is 18.6 Å². The van der Waals surface area contributed by atoms with E-state index in [1.807, 2.05) is 0 Å². The van der Waals surface area contributed by atoms with Crippen LogP contribution >= 0.6 is 0 Å². The molecule has 3 heteroatoms. The minimum absolute atomic E-state index is 0.189. The first kappa shape index (κ1) is 13.8. The number of nitrogens with one attached hydrogen (secondary N) is 1. The number of rotatable bonds is 5. The maximum absolute atomic E-state index is 9.77. The fraction of sp³-hybridized carbons (Fsp3) is 1.00. The zero-order valence-electron chi connectivity index (χ0n) is 12.4. The van der Waals surface area contributed by atoms with Gasteiger partial charge in [0, 0.05) is 43.2 Å². The quantitative estimate of drug-likeness (QED) is 0.800. The molecule has 2 N–H and O–H groups in total. The van der Waals surface area contributed by atoms with Crippen LogP contribution in [-0.4, -0.2) is 47.8 Å². The van der Waals surface area contributed by atoms with Crippen LogP contribution in [0.2, 0.25) is 0 Å². The lowest BCUT2D eigenvalue weighted by Gasteiger charge is -2.36. The SMILES string of the molecule is CC1CC(NCC2(CO)CCCCC2)CN1C1CC1. The third-order valence-electron chi connectivity index (χ3n) is 5.65. The molecule has 0 aromatic heterocycles. The molecule has 0 radical (unpaired) electrons. The van der Waals surface area contributed by atoms with E-state index in [0.29, 0.717) is 12.6 Å². The molecule has 110 valence electrons. The molecule has 3 fully saturated rings. The first-order chi connectivity index (χ1) is 9.22. The monoisotopic (exact) mass is 266 g/mol. The van der Waals surface area contributed by atoms with E-state index in [4.69, 9.17) is 0 Å². The highest BCUT2D eigenvalue weighted by atomic mass is 16.3. The molecule has 2 unspecified atom stereocenters. The van der Waals surface area contributed by atoms with Gasteiger partial charge in [0.15, 0.2) is 0 Å². The Morgan fingerprint density at radius 1 is 1.21 bits per heavy atom. The van der Waals surface area contributed by atoms with Gasteiger partial charge in [-0.3, -0.25) is 4.90 Å². The van der Waals surface area contributed by atoms with Gasteiger partial charge in [-0.25, -0.2) is 0 Å². The van der Waals surface area contributed by atoms with Crippen molar-refractivity contribution in [1.82, 2.24) is 10.2 Å². The Kier molecular flexibility index (Phi) is 4.16. The van der Waals surface area contributed by atoms with E-state index in [9.17, 15) is 5.11 Å². The van der Waals surface area contributed by atoms with Crippen molar-refractivity contribution < 1.29 is 5.11 Å². The predicted molar refractivity (Wildman–Crippen MR) is 78.2 cm³/mol. The summed E-state index contributed by atoms with van der Waals surface area (Å²) in [5, 5.41) is 13.6. The number of nitrogens with zero attached hydrogens (tertiary/aromatic N) is 1. The lowest BCUT2D eigenvalue weighted by molar-refractivity contribution is 0.0785. The normalized spacial score (nSPS) is 35.7. The summed E-state index contributed by atoms with van der Waals surface area (Å²) in [5.74, 6) is 0. The molecule has 3 nitrogen and oxygen atoms in total. The predicted octanol–water partition coefficient (Wildman–Crippen LogP) is 2.14. The van der Waals surface area contributed by atoms with Crippen LogP contribution in [0, 0.1) is 5.41 Å². The second-order valence-electron chi connectivity index (χ2n) is 7.31. The van der Waals surface area contributed by atoms with Crippen molar-refractivity contribution in [3.05, 3.63) is 0 Å². The number of aliphatic hydroxyl groups is 1. The zero-order valence-corrected chi connectivity index (χ0v) is 12.4. The summed E-state index contributed by atoms with van der Waals surface area (Å²) in [6.07, 6.45) is 10.5. The summed E-state index contributed by atoms with van der Waals surface area (Å²) >= 11 is 0. The Balaban J connectivity index is 1.48. The smallest absolute Gasteiger partial charge is 0.0499 e. The molecule has 19 heavy (non-hydrogen) atoms. The lowest BCUT2D eigenvalue weighted by atomic mass is 9.74. The molecule has 0 amide bonds. The van der Waals surface area contributed by atoms with Gasteiger partial charge in [-0.2, -0.15) is 0 Å². The van der Waals surface area contributed by atoms with Crippen molar-refractivity contribution >= 4 is 0 Å². The third-order valence-corrected chi connectivity index (χ3v) is 5.65. The Morgan fingerprint density at radius 2 is 1.95 bits per heavy atom. The average molecular weight is 266 g/mol. The van der Waals surface area contributed by atoms with Crippen molar-refractivity contribution in [2.24, 2.45) is 5.41 Å². The first-order valence-electron chi connectivity index (χ1n) is 8.32. The largest absolute Gasteiger partial charge is 0.396 e. The highest BCUT2D eigenvalue weighted by molar-refractivity contribution is 4.97. The van der Waals surface area contributed by atoms with Gasteiger partial charge >= 0.3 is 0 Å². The van der Waals surface area contributed by atoms with E-state index < -0.39 is 0 Å². The molecule has 0 spiro atoms. The minimum Gasteiger partial charge on any atom is -0.396 e. The van der Waals surface area contributed by atoms with Gasteiger partial charge in [0.1, 0.15) is 0 Å². The molecule has 2 saturated carbocycles. The van der Waals surface area contributed by atoms with Crippen LogP contribution in [0.25, 0.3) is 0 Å². The Morgan fingerprint density at radius 3 is 2.58 bits per heavy atom. The second-order valence-corrected chi connectivity index (χ2v) is 7.31. The fourth-order valence-electron chi connectivity index (χ4n) is 4.17. The second kappa shape index (κ2) is 5.71. The number of hydrogen-bond acceptors (Lipinski definition) is 3. The van der Waals surface area contributed by atoms with Gasteiger partial charge in [0.25, 0.3) is 0 Å². The van der Waals surface area contributed by atoms with Crippen LogP contribution in [0.15, 0.2) is 0 Å². The Bertz CT molecular complexity index is 297. The molecule has 0 bridgehead atoms. The Hall–Kier alpha value is -0.120. The molecule has 3 aliphatic rings. The van der Waals surface area contributed by atoms with Gasteiger partial charge in [-0.15, -0.1) is 0 Å². The summed E-state index contributed by atoms with van der Waals surface area (Å²) in [6, 6.07) is 2.30. The van der Waals surface area contributed by atoms with Crippen molar-refractivity contribution in [3.8, 4) is 0 Å². The van der Waals surface area contributed by atoms with Crippen LogP contribution in [0.3, 0.4) is 0 Å². The van der Waals surface area contributed by atoms with Gasteiger partial charge in [-0.1, -0.05) is 19.3 Å². The van der Waals surface area contributed by atoms with Gasteiger partial charge in [-0.05, 0) is 39.0 Å². The van der Waals surface area contributed by atoms with Crippen LogP contribution in [0.4, 0.5) is 0 Å². The molecular weight excluding hydrogens is 236 g/mol. The summed E-state index contributed by atoms with van der Waals surface area (Å²) in [4.78, 5) is 2.70. The maximum Gasteiger partial charge on any atom is 0.0499 e. The van der Waals surface area contributed by atoms with Crippen molar-refractivity contribution in [1.29, 1.82) is 0 Å². The van der Waals surface area contributed by atoms with Crippen molar-refractivity contribution in [3.63, 3.8) is 0 Å². The van der Waals surface area contributed by atoms with Gasteiger partial charge < -0.3 is 10.4 Å². The summed E-state index contributed by atoms with van der Waals surface area (Å²) in [5.41, 5.74) is 0.189. The molecule has 1 aliphatic heterocycles. The zero-order chi connectivity index (χ0) is 13.3. The standard InChI is InChI=1S/C16H30N2O/c1-13-9-14(10-18(13)15-5-6-15)17-11-16(12-19)7-3-2-4-8-16/h13-15,17,19H,2-12H2,1H3. The van der Waals surface area contributed by atoms with E-state index in [2.05, 4.69) is 17.1 Å². The van der Waals surface area contributed by atoms with Crippen molar-refractivity contribution in [2.75, 3.05) is 19.7 Å². The molecule has 2 aliphatic carbocycles. The summed E-state index contributed by atoms with van der Waals surface area (Å²) in [6.45, 7) is 5.00. The fourth-order valence-corrected chi connectivity index (χ4v) is 4.17. The Labute approximate surface area is 117 Å². The molecular formula is C16H30N2O. The highest BCUT2D eigenvalue weighted by Crippen LogP contribution is 2.36. The van der Waals surface area contributed by atoms with E-state index in [1.165, 1.54) is 57.9 Å². The third kappa shape index (κ3) is 3.14.